The maximum absolute atomic E-state index is 11.7. The van der Waals surface area contributed by atoms with Crippen molar-refractivity contribution in [1.82, 2.24) is 0 Å². The van der Waals surface area contributed by atoms with Crippen molar-refractivity contribution in [3.05, 3.63) is 23.8 Å². The normalized spacial score (nSPS) is 15.7. The van der Waals surface area contributed by atoms with E-state index in [4.69, 9.17) is 0 Å². The Morgan fingerprint density at radius 2 is 2.00 bits per heavy atom. The first kappa shape index (κ1) is 13.6. The summed E-state index contributed by atoms with van der Waals surface area (Å²) < 4.78 is 0. The van der Waals surface area contributed by atoms with E-state index in [1.807, 2.05) is 19.2 Å². The van der Waals surface area contributed by atoms with Crippen molar-refractivity contribution in [2.75, 3.05) is 30.4 Å². The molecule has 1 atom stereocenters. The van der Waals surface area contributed by atoms with Crippen molar-refractivity contribution in [2.24, 2.45) is 5.92 Å². The number of benzene rings is 1. The summed E-state index contributed by atoms with van der Waals surface area (Å²) >= 11 is 0. The fourth-order valence-corrected chi connectivity index (χ4v) is 2.31. The second-order valence-corrected chi connectivity index (χ2v) is 5.29. The van der Waals surface area contributed by atoms with Crippen molar-refractivity contribution in [2.45, 2.75) is 20.3 Å². The lowest BCUT2D eigenvalue weighted by molar-refractivity contribution is -0.114. The molecule has 2 rings (SSSR count). The molecule has 0 saturated heterocycles. The number of hydrogen-bond acceptors (Lipinski definition) is 3. The van der Waals surface area contributed by atoms with Gasteiger partial charge in [-0.3, -0.25) is 9.59 Å². The minimum atomic E-state index is -0.447. The van der Waals surface area contributed by atoms with E-state index < -0.39 is 11.7 Å². The molecule has 0 bridgehead atoms. The average molecular weight is 260 g/mol. The van der Waals surface area contributed by atoms with Crippen molar-refractivity contribution >= 4 is 23.1 Å². The van der Waals surface area contributed by atoms with Gasteiger partial charge < -0.3 is 9.80 Å². The van der Waals surface area contributed by atoms with Crippen LogP contribution in [0.1, 0.15) is 30.6 Å². The molecule has 0 N–H and O–H groups in total. The highest BCUT2D eigenvalue weighted by Crippen LogP contribution is 2.31. The number of ketones is 1. The van der Waals surface area contributed by atoms with Crippen molar-refractivity contribution in [1.29, 1.82) is 0 Å². The van der Waals surface area contributed by atoms with Crippen molar-refractivity contribution < 1.29 is 9.59 Å². The summed E-state index contributed by atoms with van der Waals surface area (Å²) in [5.41, 5.74) is 2.25. The monoisotopic (exact) mass is 260 g/mol. The number of carbonyl (C=O) groups excluding carboxylic acids is 2. The Bertz CT molecular complexity index is 525. The van der Waals surface area contributed by atoms with Crippen LogP contribution >= 0.6 is 0 Å². The largest absolute Gasteiger partial charge is 0.374 e. The fourth-order valence-electron chi connectivity index (χ4n) is 2.31. The van der Waals surface area contributed by atoms with Gasteiger partial charge in [-0.15, -0.1) is 0 Å². The molecule has 0 saturated carbocycles. The Hall–Kier alpha value is -1.84. The van der Waals surface area contributed by atoms with Gasteiger partial charge in [0.2, 0.25) is 0 Å². The molecule has 1 heterocycles. The van der Waals surface area contributed by atoms with E-state index in [1.165, 1.54) is 4.90 Å². The highest BCUT2D eigenvalue weighted by molar-refractivity contribution is 6.52. The number of hydrogen-bond donors (Lipinski definition) is 0. The van der Waals surface area contributed by atoms with Crippen molar-refractivity contribution in [3.63, 3.8) is 0 Å². The molecule has 0 fully saturated rings. The van der Waals surface area contributed by atoms with E-state index in [2.05, 4.69) is 18.7 Å². The molecule has 1 unspecified atom stereocenters. The summed E-state index contributed by atoms with van der Waals surface area (Å²) in [5.74, 6) is -0.246. The van der Waals surface area contributed by atoms with E-state index in [-0.39, 0.29) is 0 Å². The van der Waals surface area contributed by atoms with Crippen LogP contribution in [-0.4, -0.2) is 32.3 Å². The molecule has 0 spiro atoms. The molecule has 19 heavy (non-hydrogen) atoms. The zero-order valence-electron chi connectivity index (χ0n) is 11.9. The number of anilines is 2. The summed E-state index contributed by atoms with van der Waals surface area (Å²) in [6.07, 6.45) is 1.13. The van der Waals surface area contributed by atoms with Gasteiger partial charge in [0.05, 0.1) is 11.3 Å². The third-order valence-corrected chi connectivity index (χ3v) is 3.81. The van der Waals surface area contributed by atoms with Gasteiger partial charge in [-0.05, 0) is 24.1 Å². The maximum Gasteiger partial charge on any atom is 0.299 e. The molecule has 0 aromatic heterocycles. The zero-order chi connectivity index (χ0) is 14.2. The van der Waals surface area contributed by atoms with E-state index in [1.54, 1.807) is 13.1 Å². The third-order valence-electron chi connectivity index (χ3n) is 3.81. The molecule has 0 radical (unpaired) electrons. The van der Waals surface area contributed by atoms with E-state index in [0.29, 0.717) is 17.2 Å². The van der Waals surface area contributed by atoms with E-state index >= 15 is 0 Å². The van der Waals surface area contributed by atoms with Crippen LogP contribution in [0.5, 0.6) is 0 Å². The molecule has 4 nitrogen and oxygen atoms in total. The van der Waals surface area contributed by atoms with Crippen LogP contribution in [0.15, 0.2) is 18.2 Å². The lowest BCUT2D eigenvalue weighted by Gasteiger charge is -2.23. The smallest absolute Gasteiger partial charge is 0.299 e. The SMILES string of the molecule is CCC(C)CN(C)c1ccc2c(c1)N(C)C(=O)C2=O. The number of Topliss-reactive ketones (excluding diaryl/α,β-unsaturated/α-hetero) is 1. The Labute approximate surface area is 114 Å². The first-order chi connectivity index (χ1) is 8.95. The zero-order valence-corrected chi connectivity index (χ0v) is 11.9. The van der Waals surface area contributed by atoms with Gasteiger partial charge in [-0.2, -0.15) is 0 Å². The van der Waals surface area contributed by atoms with Gasteiger partial charge in [0.25, 0.3) is 11.7 Å². The molecule has 102 valence electrons. The van der Waals surface area contributed by atoms with Gasteiger partial charge in [0.15, 0.2) is 0 Å². The van der Waals surface area contributed by atoms with Gasteiger partial charge in [0.1, 0.15) is 0 Å². The van der Waals surface area contributed by atoms with Gasteiger partial charge >= 0.3 is 0 Å². The number of rotatable bonds is 4. The van der Waals surface area contributed by atoms with Gasteiger partial charge in [-0.1, -0.05) is 20.3 Å². The van der Waals surface area contributed by atoms with Crippen LogP contribution in [-0.2, 0) is 4.79 Å². The Kier molecular flexibility index (Phi) is 3.60. The fraction of sp³-hybridized carbons (Fsp3) is 0.467. The Morgan fingerprint density at radius 1 is 1.32 bits per heavy atom. The molecular weight excluding hydrogens is 240 g/mol. The van der Waals surface area contributed by atoms with Crippen LogP contribution in [0.2, 0.25) is 0 Å². The lowest BCUT2D eigenvalue weighted by Crippen LogP contribution is -2.25. The minimum Gasteiger partial charge on any atom is -0.374 e. The first-order valence-corrected chi connectivity index (χ1v) is 6.63. The molecule has 1 amide bonds. The van der Waals surface area contributed by atoms with E-state index in [9.17, 15) is 9.59 Å². The lowest BCUT2D eigenvalue weighted by atomic mass is 10.1. The molecule has 1 aromatic carbocycles. The Morgan fingerprint density at radius 3 is 2.63 bits per heavy atom. The topological polar surface area (TPSA) is 40.6 Å². The summed E-state index contributed by atoms with van der Waals surface area (Å²) in [6.45, 7) is 5.34. The van der Waals surface area contributed by atoms with E-state index in [0.717, 1.165) is 18.7 Å². The Balaban J connectivity index is 2.28. The molecular formula is C15H20N2O2. The summed E-state index contributed by atoms with van der Waals surface area (Å²) in [5, 5.41) is 0. The summed E-state index contributed by atoms with van der Waals surface area (Å²) in [7, 11) is 3.68. The summed E-state index contributed by atoms with van der Waals surface area (Å²) in [6, 6.07) is 5.58. The standard InChI is InChI=1S/C15H20N2O2/c1-5-10(2)9-16(3)11-6-7-12-13(8-11)17(4)15(19)14(12)18/h6-8,10H,5,9H2,1-4H3. The first-order valence-electron chi connectivity index (χ1n) is 6.63. The van der Waals surface area contributed by atoms with Gasteiger partial charge in [-0.25, -0.2) is 0 Å². The number of nitrogens with zero attached hydrogens (tertiary/aromatic N) is 2. The second-order valence-electron chi connectivity index (χ2n) is 5.29. The maximum atomic E-state index is 11.7. The van der Waals surface area contributed by atoms with Crippen molar-refractivity contribution in [3.8, 4) is 0 Å². The predicted molar refractivity (Wildman–Crippen MR) is 76.9 cm³/mol. The average Bonchev–Trinajstić information content (AvgIpc) is 2.63. The van der Waals surface area contributed by atoms with Gasteiger partial charge in [0, 0.05) is 26.3 Å². The van der Waals surface area contributed by atoms with Crippen LogP contribution < -0.4 is 9.80 Å². The molecule has 1 aliphatic heterocycles. The van der Waals surface area contributed by atoms with Crippen LogP contribution in [0, 0.1) is 5.92 Å². The number of fused-ring (bicyclic) bond motifs is 1. The minimum absolute atomic E-state index is 0.409. The van der Waals surface area contributed by atoms with Crippen LogP contribution in [0.4, 0.5) is 11.4 Å². The van der Waals surface area contributed by atoms with Crippen LogP contribution in [0.3, 0.4) is 0 Å². The highest BCUT2D eigenvalue weighted by atomic mass is 16.2. The second kappa shape index (κ2) is 5.03. The number of likely N-dealkylation sites (N-methyl/N-ethyl adjacent to an activating group) is 1. The molecule has 4 heteroatoms. The van der Waals surface area contributed by atoms with Crippen LogP contribution in [0.25, 0.3) is 0 Å². The molecule has 1 aromatic rings. The third kappa shape index (κ3) is 2.35. The summed E-state index contributed by atoms with van der Waals surface area (Å²) in [4.78, 5) is 26.9. The molecule has 1 aliphatic rings. The number of carbonyl (C=O) groups is 2. The number of amides is 1. The predicted octanol–water partition coefficient (Wildman–Crippen LogP) is 2.33. The molecule has 0 aliphatic carbocycles. The quantitative estimate of drug-likeness (QED) is 0.780. The highest BCUT2D eigenvalue weighted by Gasteiger charge is 2.33.